The molecule has 0 bridgehead atoms. The third-order valence-corrected chi connectivity index (χ3v) is 2.86. The number of carbonyl (C=O) groups excluding carboxylic acids is 1. The molecule has 1 rings (SSSR count). The molecule has 6 heteroatoms. The Morgan fingerprint density at radius 3 is 2.95 bits per heavy atom. The molecule has 2 N–H and O–H groups in total. The number of rotatable bonds is 6. The smallest absolute Gasteiger partial charge is 0.239 e. The molecule has 1 aromatic rings. The fourth-order valence-electron chi connectivity index (χ4n) is 1.56. The Kier molecular flexibility index (Phi) is 6.33. The highest BCUT2D eigenvalue weighted by Crippen LogP contribution is 2.19. The number of halogens is 1. The second-order valence-corrected chi connectivity index (χ2v) is 4.99. The molecule has 0 aliphatic rings. The van der Waals surface area contributed by atoms with Crippen LogP contribution in [0.1, 0.15) is 12.5 Å². The highest BCUT2D eigenvalue weighted by atomic mass is 79.9. The molecular formula is C13H16BrN3O2. The second-order valence-electron chi connectivity index (χ2n) is 4.08. The van der Waals surface area contributed by atoms with E-state index < -0.39 is 0 Å². The van der Waals surface area contributed by atoms with Crippen LogP contribution in [-0.4, -0.2) is 32.2 Å². The van der Waals surface area contributed by atoms with Crippen molar-refractivity contribution in [1.29, 1.82) is 5.26 Å². The molecule has 0 fully saturated rings. The molecule has 5 nitrogen and oxygen atoms in total. The highest BCUT2D eigenvalue weighted by molar-refractivity contribution is 9.10. The molecule has 0 saturated carbocycles. The van der Waals surface area contributed by atoms with Crippen molar-refractivity contribution in [3.63, 3.8) is 0 Å². The normalized spacial score (nSPS) is 11.5. The molecule has 0 radical (unpaired) electrons. The van der Waals surface area contributed by atoms with Crippen molar-refractivity contribution in [3.8, 4) is 6.07 Å². The number of amides is 1. The van der Waals surface area contributed by atoms with Crippen LogP contribution in [0.5, 0.6) is 0 Å². The molecule has 1 unspecified atom stereocenters. The first-order valence-electron chi connectivity index (χ1n) is 5.78. The lowest BCUT2D eigenvalue weighted by molar-refractivity contribution is -0.120. The summed E-state index contributed by atoms with van der Waals surface area (Å²) in [5.74, 6) is -0.142. The van der Waals surface area contributed by atoms with E-state index in [1.165, 1.54) is 0 Å². The van der Waals surface area contributed by atoms with Gasteiger partial charge < -0.3 is 15.4 Å². The topological polar surface area (TPSA) is 74.2 Å². The Bertz CT molecular complexity index is 485. The van der Waals surface area contributed by atoms with Crippen molar-refractivity contribution in [2.24, 2.45) is 0 Å². The molecule has 0 saturated heterocycles. The summed E-state index contributed by atoms with van der Waals surface area (Å²) in [6.45, 7) is 2.44. The number of methoxy groups -OCH3 is 1. The van der Waals surface area contributed by atoms with E-state index in [1.54, 1.807) is 19.2 Å². The van der Waals surface area contributed by atoms with Crippen molar-refractivity contribution >= 4 is 27.5 Å². The monoisotopic (exact) mass is 325 g/mol. The lowest BCUT2D eigenvalue weighted by Crippen LogP contribution is -2.39. The maximum Gasteiger partial charge on any atom is 0.239 e. The Morgan fingerprint density at radius 2 is 2.32 bits per heavy atom. The molecule has 0 aromatic heterocycles. The fourth-order valence-corrected chi connectivity index (χ4v) is 1.92. The minimum absolute atomic E-state index is 0.0420. The average Bonchev–Trinajstić information content (AvgIpc) is 2.37. The van der Waals surface area contributed by atoms with Crippen LogP contribution >= 0.6 is 15.9 Å². The third-order valence-electron chi connectivity index (χ3n) is 2.37. The van der Waals surface area contributed by atoms with E-state index in [0.29, 0.717) is 17.9 Å². The molecule has 102 valence electrons. The van der Waals surface area contributed by atoms with Crippen LogP contribution in [0.3, 0.4) is 0 Å². The molecule has 0 heterocycles. The SMILES string of the molecule is COCC(C)NC(=O)CNc1ccc(Br)cc1C#N. The maximum absolute atomic E-state index is 11.6. The van der Waals surface area contributed by atoms with Gasteiger partial charge in [0.1, 0.15) is 6.07 Å². The molecule has 0 spiro atoms. The van der Waals surface area contributed by atoms with Crippen LogP contribution in [0.25, 0.3) is 0 Å². The summed E-state index contributed by atoms with van der Waals surface area (Å²) >= 11 is 3.30. The molecule has 1 atom stereocenters. The quantitative estimate of drug-likeness (QED) is 0.837. The minimum atomic E-state index is -0.142. The zero-order valence-electron chi connectivity index (χ0n) is 10.9. The number of hydrogen-bond acceptors (Lipinski definition) is 4. The van der Waals surface area contributed by atoms with E-state index in [2.05, 4.69) is 32.6 Å². The lowest BCUT2D eigenvalue weighted by Gasteiger charge is -2.14. The first-order chi connectivity index (χ1) is 9.06. The van der Waals surface area contributed by atoms with E-state index in [-0.39, 0.29) is 18.5 Å². The van der Waals surface area contributed by atoms with Gasteiger partial charge in [0, 0.05) is 17.6 Å². The number of nitriles is 1. The number of anilines is 1. The standard InChI is InChI=1S/C13H16BrN3O2/c1-9(8-19-2)17-13(18)7-16-12-4-3-11(14)5-10(12)6-15/h3-5,9,16H,7-8H2,1-2H3,(H,17,18). The van der Waals surface area contributed by atoms with Crippen molar-refractivity contribution < 1.29 is 9.53 Å². The number of nitrogens with zero attached hydrogens (tertiary/aromatic N) is 1. The van der Waals surface area contributed by atoms with Gasteiger partial charge in [-0.15, -0.1) is 0 Å². The van der Waals surface area contributed by atoms with Gasteiger partial charge in [0.25, 0.3) is 0 Å². The van der Waals surface area contributed by atoms with Crippen LogP contribution < -0.4 is 10.6 Å². The maximum atomic E-state index is 11.6. The molecule has 1 amide bonds. The van der Waals surface area contributed by atoms with E-state index in [0.717, 1.165) is 4.47 Å². The summed E-state index contributed by atoms with van der Waals surface area (Å²) in [5.41, 5.74) is 1.13. The highest BCUT2D eigenvalue weighted by Gasteiger charge is 2.08. The summed E-state index contributed by atoms with van der Waals surface area (Å²) in [6, 6.07) is 7.31. The molecule has 1 aromatic carbocycles. The Morgan fingerprint density at radius 1 is 1.58 bits per heavy atom. The lowest BCUT2D eigenvalue weighted by atomic mass is 10.2. The largest absolute Gasteiger partial charge is 0.383 e. The van der Waals surface area contributed by atoms with Gasteiger partial charge in [-0.1, -0.05) is 15.9 Å². The first kappa shape index (κ1) is 15.5. The van der Waals surface area contributed by atoms with E-state index in [4.69, 9.17) is 10.00 Å². The number of ether oxygens (including phenoxy) is 1. The third kappa shape index (κ3) is 5.28. The fraction of sp³-hybridized carbons (Fsp3) is 0.385. The van der Waals surface area contributed by atoms with Crippen LogP contribution in [-0.2, 0) is 9.53 Å². The van der Waals surface area contributed by atoms with Crippen LogP contribution in [0.4, 0.5) is 5.69 Å². The molecule has 0 aliphatic heterocycles. The summed E-state index contributed by atoms with van der Waals surface area (Å²) in [6.07, 6.45) is 0. The number of benzene rings is 1. The van der Waals surface area contributed by atoms with Crippen molar-refractivity contribution in [2.45, 2.75) is 13.0 Å². The van der Waals surface area contributed by atoms with Gasteiger partial charge in [0.2, 0.25) is 5.91 Å². The molecule has 19 heavy (non-hydrogen) atoms. The van der Waals surface area contributed by atoms with E-state index in [9.17, 15) is 4.79 Å². The Hall–Kier alpha value is -1.58. The number of nitrogens with one attached hydrogen (secondary N) is 2. The second kappa shape index (κ2) is 7.77. The predicted molar refractivity (Wildman–Crippen MR) is 76.8 cm³/mol. The summed E-state index contributed by atoms with van der Waals surface area (Å²) in [5, 5.41) is 14.7. The van der Waals surface area contributed by atoms with E-state index in [1.807, 2.05) is 13.0 Å². The van der Waals surface area contributed by atoms with Gasteiger partial charge >= 0.3 is 0 Å². The summed E-state index contributed by atoms with van der Waals surface area (Å²) in [4.78, 5) is 11.6. The van der Waals surface area contributed by atoms with Crippen molar-refractivity contribution in [3.05, 3.63) is 28.2 Å². The summed E-state index contributed by atoms with van der Waals surface area (Å²) in [7, 11) is 1.59. The number of carbonyl (C=O) groups is 1. The van der Waals surface area contributed by atoms with Gasteiger partial charge in [0.15, 0.2) is 0 Å². The van der Waals surface area contributed by atoms with Crippen LogP contribution in [0, 0.1) is 11.3 Å². The van der Waals surface area contributed by atoms with Gasteiger partial charge in [0.05, 0.1) is 24.4 Å². The van der Waals surface area contributed by atoms with Crippen LogP contribution in [0.15, 0.2) is 22.7 Å². The average molecular weight is 326 g/mol. The summed E-state index contributed by atoms with van der Waals surface area (Å²) < 4.78 is 5.76. The predicted octanol–water partition coefficient (Wildman–Crippen LogP) is 1.88. The minimum Gasteiger partial charge on any atom is -0.383 e. The zero-order valence-corrected chi connectivity index (χ0v) is 12.5. The van der Waals surface area contributed by atoms with Crippen LogP contribution in [0.2, 0.25) is 0 Å². The van der Waals surface area contributed by atoms with Gasteiger partial charge in [-0.2, -0.15) is 5.26 Å². The van der Waals surface area contributed by atoms with E-state index >= 15 is 0 Å². The van der Waals surface area contributed by atoms with Crippen molar-refractivity contribution in [1.82, 2.24) is 5.32 Å². The van der Waals surface area contributed by atoms with Crippen molar-refractivity contribution in [2.75, 3.05) is 25.6 Å². The van der Waals surface area contributed by atoms with Gasteiger partial charge in [-0.3, -0.25) is 4.79 Å². The Balaban J connectivity index is 2.53. The molecule has 0 aliphatic carbocycles. The zero-order chi connectivity index (χ0) is 14.3. The first-order valence-corrected chi connectivity index (χ1v) is 6.58. The Labute approximate surface area is 121 Å². The van der Waals surface area contributed by atoms with Gasteiger partial charge in [-0.25, -0.2) is 0 Å². The molecular weight excluding hydrogens is 310 g/mol. The van der Waals surface area contributed by atoms with Gasteiger partial charge in [-0.05, 0) is 25.1 Å². The number of hydrogen-bond donors (Lipinski definition) is 2.